The molecule has 4 nitrogen and oxygen atoms in total. The number of hydrogen-bond donors (Lipinski definition) is 2. The van der Waals surface area contributed by atoms with Crippen molar-refractivity contribution in [2.45, 2.75) is 81.1 Å². The highest BCUT2D eigenvalue weighted by atomic mass is 14.8. The molecule has 0 unspecified atom stereocenters. The monoisotopic (exact) mass is 838 g/mol. The maximum absolute atomic E-state index is 5.56. The number of rotatable bonds is 12. The van der Waals surface area contributed by atoms with Gasteiger partial charge >= 0.3 is 0 Å². The summed E-state index contributed by atoms with van der Waals surface area (Å²) in [6, 6.07) is 45.3. The van der Waals surface area contributed by atoms with Crippen LogP contribution in [0.4, 0.5) is 0 Å². The van der Waals surface area contributed by atoms with Gasteiger partial charge in [-0.3, -0.25) is 0 Å². The molecule has 0 saturated heterocycles. The zero-order chi connectivity index (χ0) is 44.5. The summed E-state index contributed by atoms with van der Waals surface area (Å²) in [5, 5.41) is 0. The van der Waals surface area contributed by atoms with Crippen LogP contribution in [0.2, 0.25) is 0 Å². The van der Waals surface area contributed by atoms with Gasteiger partial charge in [0.2, 0.25) is 0 Å². The molecule has 9 rings (SSSR count). The smallest absolute Gasteiger partial charge is 0.0737 e. The average molecular weight is 839 g/mol. The minimum absolute atomic E-state index is 0.580. The summed E-state index contributed by atoms with van der Waals surface area (Å²) in [7, 11) is 0. The fraction of sp³-hybridized carbons (Fsp3) is 0.267. The molecule has 2 N–H and O–H groups in total. The van der Waals surface area contributed by atoms with Gasteiger partial charge in [-0.2, -0.15) is 0 Å². The number of nitrogens with one attached hydrogen (secondary N) is 2. The predicted octanol–water partition coefficient (Wildman–Crippen LogP) is 16.1. The van der Waals surface area contributed by atoms with Crippen molar-refractivity contribution in [1.29, 1.82) is 0 Å². The van der Waals surface area contributed by atoms with Crippen molar-refractivity contribution in [3.05, 3.63) is 166 Å². The quantitative estimate of drug-likeness (QED) is 0.129. The second-order valence-corrected chi connectivity index (χ2v) is 19.7. The highest BCUT2D eigenvalue weighted by Gasteiger charge is 2.20. The second kappa shape index (κ2) is 18.3. The molecule has 4 aromatic carbocycles. The van der Waals surface area contributed by atoms with E-state index in [1.54, 1.807) is 0 Å². The zero-order valence-corrected chi connectivity index (χ0v) is 38.9. The van der Waals surface area contributed by atoms with E-state index in [1.807, 2.05) is 0 Å². The number of hydrogen-bond acceptors (Lipinski definition) is 2. The van der Waals surface area contributed by atoms with Crippen molar-refractivity contribution in [2.75, 3.05) is 0 Å². The number of nitrogens with zero attached hydrogens (tertiary/aromatic N) is 2. The molecule has 0 atom stereocenters. The van der Waals surface area contributed by atoms with Gasteiger partial charge in [0, 0.05) is 44.3 Å². The van der Waals surface area contributed by atoms with E-state index in [-0.39, 0.29) is 0 Å². The number of fused-ring (bicyclic) bond motifs is 8. The molecule has 2 aliphatic rings. The average Bonchev–Trinajstić information content (AvgIpc) is 4.11. The Balaban J connectivity index is 1.37. The third kappa shape index (κ3) is 9.24. The van der Waals surface area contributed by atoms with Crippen LogP contribution in [-0.2, 0) is 25.7 Å². The first kappa shape index (κ1) is 42.8. The molecule has 0 saturated carbocycles. The van der Waals surface area contributed by atoms with Crippen LogP contribution in [-0.4, -0.2) is 19.9 Å². The largest absolute Gasteiger partial charge is 0.354 e. The van der Waals surface area contributed by atoms with Crippen molar-refractivity contribution in [2.24, 2.45) is 23.7 Å². The third-order valence-electron chi connectivity index (χ3n) is 12.3. The van der Waals surface area contributed by atoms with Crippen molar-refractivity contribution in [3.8, 4) is 44.5 Å². The number of H-pyrrole nitrogens is 2. The van der Waals surface area contributed by atoms with E-state index < -0.39 is 0 Å². The first-order valence-electron chi connectivity index (χ1n) is 23.5. The molecule has 0 aliphatic carbocycles. The van der Waals surface area contributed by atoms with E-state index >= 15 is 0 Å². The van der Waals surface area contributed by atoms with Crippen molar-refractivity contribution in [1.82, 2.24) is 19.9 Å². The first-order chi connectivity index (χ1) is 30.9. The third-order valence-corrected chi connectivity index (χ3v) is 12.3. The Bertz CT molecular complexity index is 2600. The van der Waals surface area contributed by atoms with Gasteiger partial charge in [0.25, 0.3) is 0 Å². The molecule has 0 spiro atoms. The number of aromatic amines is 2. The Hall–Kier alpha value is -6.52. The predicted molar refractivity (Wildman–Crippen MR) is 275 cm³/mol. The van der Waals surface area contributed by atoms with Crippen LogP contribution in [0.5, 0.6) is 0 Å². The first-order valence-corrected chi connectivity index (χ1v) is 23.5. The van der Waals surface area contributed by atoms with Gasteiger partial charge in [-0.1, -0.05) is 152 Å². The van der Waals surface area contributed by atoms with E-state index in [0.717, 1.165) is 115 Å². The van der Waals surface area contributed by atoms with E-state index in [4.69, 9.17) is 9.97 Å². The van der Waals surface area contributed by atoms with Crippen LogP contribution >= 0.6 is 0 Å². The molecule has 322 valence electrons. The number of benzene rings is 4. The lowest BCUT2D eigenvalue weighted by Crippen LogP contribution is -1.95. The molecule has 4 heteroatoms. The molecular formula is C60H62N4. The van der Waals surface area contributed by atoms with E-state index in [2.05, 4.69) is 211 Å². The summed E-state index contributed by atoms with van der Waals surface area (Å²) in [6.45, 7) is 18.2. The summed E-state index contributed by atoms with van der Waals surface area (Å²) in [5.41, 5.74) is 21.9. The normalized spacial score (nSPS) is 12.4. The molecule has 0 radical (unpaired) electrons. The molecule has 2 aliphatic heterocycles. The molecule has 3 aromatic heterocycles. The van der Waals surface area contributed by atoms with Crippen LogP contribution in [0.1, 0.15) is 100 Å². The summed E-state index contributed by atoms with van der Waals surface area (Å²) in [6.07, 6.45) is 12.9. The maximum Gasteiger partial charge on any atom is 0.0737 e. The van der Waals surface area contributed by atoms with E-state index in [1.165, 1.54) is 22.3 Å². The van der Waals surface area contributed by atoms with Crippen molar-refractivity contribution < 1.29 is 0 Å². The van der Waals surface area contributed by atoms with Crippen molar-refractivity contribution >= 4 is 46.4 Å². The molecule has 0 fully saturated rings. The molecule has 0 amide bonds. The van der Waals surface area contributed by atoms with Crippen LogP contribution in [0, 0.1) is 23.7 Å². The lowest BCUT2D eigenvalue weighted by Gasteiger charge is -2.10. The van der Waals surface area contributed by atoms with Gasteiger partial charge in [0.1, 0.15) is 0 Å². The fourth-order valence-electron chi connectivity index (χ4n) is 9.54. The van der Waals surface area contributed by atoms with Gasteiger partial charge in [0.05, 0.1) is 22.8 Å². The lowest BCUT2D eigenvalue weighted by molar-refractivity contribution is 0.647. The minimum atomic E-state index is 0.580. The van der Waals surface area contributed by atoms with Crippen LogP contribution in [0.15, 0.2) is 121 Å². The minimum Gasteiger partial charge on any atom is -0.354 e. The van der Waals surface area contributed by atoms with E-state index in [9.17, 15) is 0 Å². The summed E-state index contributed by atoms with van der Waals surface area (Å²) in [4.78, 5) is 19.0. The Labute approximate surface area is 380 Å². The van der Waals surface area contributed by atoms with Crippen LogP contribution < -0.4 is 0 Å². The molecule has 7 aromatic rings. The second-order valence-electron chi connectivity index (χ2n) is 19.7. The lowest BCUT2D eigenvalue weighted by atomic mass is 9.98. The van der Waals surface area contributed by atoms with Gasteiger partial charge < -0.3 is 9.97 Å². The summed E-state index contributed by atoms with van der Waals surface area (Å²) >= 11 is 0. The summed E-state index contributed by atoms with van der Waals surface area (Å²) in [5.74, 6) is 2.32. The van der Waals surface area contributed by atoms with Gasteiger partial charge in [-0.25, -0.2) is 9.97 Å². The Morgan fingerprint density at radius 3 is 0.688 bits per heavy atom. The van der Waals surface area contributed by atoms with Gasteiger partial charge in [-0.15, -0.1) is 0 Å². The maximum atomic E-state index is 5.56. The molecular weight excluding hydrogens is 777 g/mol. The molecule has 5 heterocycles. The fourth-order valence-corrected chi connectivity index (χ4v) is 9.54. The van der Waals surface area contributed by atoms with Crippen LogP contribution in [0.25, 0.3) is 90.9 Å². The molecule has 8 bridgehead atoms. The molecule has 64 heavy (non-hydrogen) atoms. The van der Waals surface area contributed by atoms with E-state index in [0.29, 0.717) is 23.7 Å². The SMILES string of the molecule is CC(C)Cc1ccc(-c2c3nc(c(-c4ccc(CC(C)C)cc4)c4ccc([nH]4)c(-c4ccc(CC(C)C)cc4)c4nc(c(-c5ccc(CC(C)C)cc5)c5ccc2[nH]5)C=C4)C=C3)cc1. The van der Waals surface area contributed by atoms with Gasteiger partial charge in [0.15, 0.2) is 0 Å². The van der Waals surface area contributed by atoms with Crippen molar-refractivity contribution in [3.63, 3.8) is 0 Å². The Kier molecular flexibility index (Phi) is 12.2. The topological polar surface area (TPSA) is 57.4 Å². The van der Waals surface area contributed by atoms with Crippen LogP contribution in [0.3, 0.4) is 0 Å². The standard InChI is InChI=1S/C60H62N4/c1-37(2)33-41-9-17-45(18-10-41)57-49-25-27-51(61-49)58(46-19-11-42(12-20-46)34-38(3)4)53-29-31-55(63-53)60(48-23-15-44(16-24-48)36-40(7)8)56-32-30-54(64-56)59(52-28-26-50(57)62-52)47-21-13-43(14-22-47)35-39(5)6/h9-32,37-40,61,64H,33-36H2,1-8H3. The van der Waals surface area contributed by atoms with Gasteiger partial charge in [-0.05, 0) is 142 Å². The zero-order valence-electron chi connectivity index (χ0n) is 38.9. The summed E-state index contributed by atoms with van der Waals surface area (Å²) < 4.78 is 0. The Morgan fingerprint density at radius 1 is 0.297 bits per heavy atom. The highest BCUT2D eigenvalue weighted by molar-refractivity contribution is 5.99. The Morgan fingerprint density at radius 2 is 0.500 bits per heavy atom. The number of aromatic nitrogens is 4. The highest BCUT2D eigenvalue weighted by Crippen LogP contribution is 2.39.